The van der Waals surface area contributed by atoms with Crippen molar-refractivity contribution >= 4 is 10.9 Å². The number of rotatable bonds is 3. The number of aliphatic hydroxyl groups is 1. The fourth-order valence-corrected chi connectivity index (χ4v) is 2.15. The predicted molar refractivity (Wildman–Crippen MR) is 81.4 cm³/mol. The number of ether oxygens (including phenoxy) is 1. The predicted octanol–water partition coefficient (Wildman–Crippen LogP) is 3.78. The Hall–Kier alpha value is -2.46. The Morgan fingerprint density at radius 2 is 2.00 bits per heavy atom. The molecule has 1 aromatic carbocycles. The van der Waals surface area contributed by atoms with Gasteiger partial charge in [0.25, 0.3) is 0 Å². The molecule has 2 heterocycles. The first kappa shape index (κ1) is 13.5. The third kappa shape index (κ3) is 2.85. The van der Waals surface area contributed by atoms with Gasteiger partial charge in [0.15, 0.2) is 5.75 Å². The fourth-order valence-electron chi connectivity index (χ4n) is 2.15. The van der Waals surface area contributed by atoms with Crippen molar-refractivity contribution in [1.82, 2.24) is 9.97 Å². The molecule has 1 N–H and O–H groups in total. The lowest BCUT2D eigenvalue weighted by Gasteiger charge is -2.10. The highest BCUT2D eigenvalue weighted by Gasteiger charge is 2.08. The van der Waals surface area contributed by atoms with Gasteiger partial charge in [-0.25, -0.2) is 9.97 Å². The summed E-state index contributed by atoms with van der Waals surface area (Å²) in [4.78, 5) is 8.71. The van der Waals surface area contributed by atoms with Gasteiger partial charge in [-0.1, -0.05) is 18.2 Å². The molecule has 0 saturated carbocycles. The second-order valence-corrected chi connectivity index (χ2v) is 4.99. The number of fused-ring (bicyclic) bond motifs is 1. The van der Waals surface area contributed by atoms with Crippen LogP contribution in [-0.4, -0.2) is 15.1 Å². The van der Waals surface area contributed by atoms with Crippen molar-refractivity contribution < 1.29 is 9.84 Å². The zero-order valence-corrected chi connectivity index (χ0v) is 11.9. The topological polar surface area (TPSA) is 55.2 Å². The number of aryl methyl sites for hydroxylation is 1. The lowest BCUT2D eigenvalue weighted by Crippen LogP contribution is -1.95. The molecular weight excluding hydrogens is 264 g/mol. The van der Waals surface area contributed by atoms with Crippen LogP contribution in [0.3, 0.4) is 0 Å². The molecule has 4 heteroatoms. The smallest absolute Gasteiger partial charge is 0.219 e. The van der Waals surface area contributed by atoms with Gasteiger partial charge < -0.3 is 9.84 Å². The zero-order valence-electron chi connectivity index (χ0n) is 11.9. The van der Waals surface area contributed by atoms with Gasteiger partial charge in [0.2, 0.25) is 5.88 Å². The first-order valence-electron chi connectivity index (χ1n) is 6.82. The van der Waals surface area contributed by atoms with Crippen LogP contribution in [0, 0.1) is 6.92 Å². The van der Waals surface area contributed by atoms with Crippen LogP contribution in [0.4, 0.5) is 0 Å². The van der Waals surface area contributed by atoms with Crippen LogP contribution in [0.25, 0.3) is 10.9 Å². The zero-order chi connectivity index (χ0) is 14.8. The third-order valence-corrected chi connectivity index (χ3v) is 3.28. The molecule has 4 nitrogen and oxygen atoms in total. The van der Waals surface area contributed by atoms with Crippen LogP contribution < -0.4 is 4.74 Å². The molecule has 0 bridgehead atoms. The van der Waals surface area contributed by atoms with Crippen molar-refractivity contribution in [2.24, 2.45) is 0 Å². The minimum Gasteiger partial charge on any atom is -0.437 e. The molecule has 3 aromatic rings. The summed E-state index contributed by atoms with van der Waals surface area (Å²) >= 11 is 0. The molecule has 0 aliphatic heterocycles. The van der Waals surface area contributed by atoms with Crippen LogP contribution in [0.5, 0.6) is 11.6 Å². The molecule has 0 spiro atoms. The molecule has 0 amide bonds. The van der Waals surface area contributed by atoms with Crippen LogP contribution in [0.2, 0.25) is 0 Å². The molecule has 0 unspecified atom stereocenters. The van der Waals surface area contributed by atoms with Gasteiger partial charge in [-0.05, 0) is 37.6 Å². The van der Waals surface area contributed by atoms with E-state index in [9.17, 15) is 5.11 Å². The Morgan fingerprint density at radius 1 is 1.14 bits per heavy atom. The van der Waals surface area contributed by atoms with E-state index in [1.54, 1.807) is 25.3 Å². The van der Waals surface area contributed by atoms with E-state index >= 15 is 0 Å². The highest BCUT2D eigenvalue weighted by Crippen LogP contribution is 2.28. The number of hydrogen-bond acceptors (Lipinski definition) is 4. The molecule has 2 aromatic heterocycles. The Balaban J connectivity index is 2.02. The first-order chi connectivity index (χ1) is 10.1. The van der Waals surface area contributed by atoms with Crippen molar-refractivity contribution in [3.05, 3.63) is 59.9 Å². The molecule has 0 aliphatic carbocycles. The Kier molecular flexibility index (Phi) is 3.54. The summed E-state index contributed by atoms with van der Waals surface area (Å²) in [6.07, 6.45) is 1.07. The van der Waals surface area contributed by atoms with E-state index in [0.29, 0.717) is 11.6 Å². The summed E-state index contributed by atoms with van der Waals surface area (Å²) in [6, 6.07) is 13.3. The minimum absolute atomic E-state index is 0.448. The highest BCUT2D eigenvalue weighted by atomic mass is 16.5. The molecule has 1 atom stereocenters. The second kappa shape index (κ2) is 5.50. The molecule has 3 rings (SSSR count). The standard InChI is InChI=1S/C17H16N2O2/c1-11-6-7-13-4-3-5-15(17(13)19-11)21-16-10-14(12(2)20)8-9-18-16/h3-10,12,20H,1-2H3/t12-/m0/s1. The van der Waals surface area contributed by atoms with Crippen molar-refractivity contribution in [3.8, 4) is 11.6 Å². The van der Waals surface area contributed by atoms with Gasteiger partial charge in [-0.2, -0.15) is 0 Å². The average molecular weight is 280 g/mol. The van der Waals surface area contributed by atoms with E-state index < -0.39 is 6.10 Å². The van der Waals surface area contributed by atoms with E-state index in [4.69, 9.17) is 4.74 Å². The van der Waals surface area contributed by atoms with Crippen molar-refractivity contribution in [2.75, 3.05) is 0 Å². The maximum atomic E-state index is 9.63. The Morgan fingerprint density at radius 3 is 2.81 bits per heavy atom. The van der Waals surface area contributed by atoms with Gasteiger partial charge in [-0.15, -0.1) is 0 Å². The SMILES string of the molecule is Cc1ccc2cccc(Oc3cc([C@H](C)O)ccn3)c2n1. The fraction of sp³-hybridized carbons (Fsp3) is 0.176. The van der Waals surface area contributed by atoms with Crippen molar-refractivity contribution in [1.29, 1.82) is 0 Å². The van der Waals surface area contributed by atoms with E-state index in [1.807, 2.05) is 37.3 Å². The van der Waals surface area contributed by atoms with Crippen molar-refractivity contribution in [2.45, 2.75) is 20.0 Å². The number of aromatic nitrogens is 2. The lowest BCUT2D eigenvalue weighted by molar-refractivity contribution is 0.198. The molecule has 0 radical (unpaired) electrons. The Labute approximate surface area is 123 Å². The molecule has 0 fully saturated rings. The van der Waals surface area contributed by atoms with E-state index in [2.05, 4.69) is 9.97 Å². The average Bonchev–Trinajstić information content (AvgIpc) is 2.48. The number of hydrogen-bond donors (Lipinski definition) is 1. The third-order valence-electron chi connectivity index (χ3n) is 3.28. The Bertz CT molecular complexity index is 785. The summed E-state index contributed by atoms with van der Waals surface area (Å²) in [6.45, 7) is 3.66. The van der Waals surface area contributed by atoms with Gasteiger partial charge >= 0.3 is 0 Å². The van der Waals surface area contributed by atoms with Gasteiger partial charge in [-0.3, -0.25) is 0 Å². The van der Waals surface area contributed by atoms with Gasteiger partial charge in [0, 0.05) is 23.3 Å². The number of pyridine rings is 2. The lowest BCUT2D eigenvalue weighted by atomic mass is 10.2. The van der Waals surface area contributed by atoms with Crippen LogP contribution in [0.1, 0.15) is 24.3 Å². The number of para-hydroxylation sites is 1. The molecular formula is C17H16N2O2. The molecule has 21 heavy (non-hydrogen) atoms. The first-order valence-corrected chi connectivity index (χ1v) is 6.82. The second-order valence-electron chi connectivity index (χ2n) is 4.99. The summed E-state index contributed by atoms with van der Waals surface area (Å²) in [5.74, 6) is 1.11. The number of benzene rings is 1. The van der Waals surface area contributed by atoms with E-state index in [-0.39, 0.29) is 0 Å². The summed E-state index contributed by atoms with van der Waals surface area (Å²) in [7, 11) is 0. The normalized spacial score (nSPS) is 12.3. The number of nitrogens with zero attached hydrogens (tertiary/aromatic N) is 2. The summed E-state index contributed by atoms with van der Waals surface area (Å²) in [5, 5.41) is 10.6. The van der Waals surface area contributed by atoms with E-state index in [1.165, 1.54) is 0 Å². The van der Waals surface area contributed by atoms with Crippen LogP contribution >= 0.6 is 0 Å². The quantitative estimate of drug-likeness (QED) is 0.793. The van der Waals surface area contributed by atoms with Gasteiger partial charge in [0.05, 0.1) is 6.10 Å². The van der Waals surface area contributed by atoms with Crippen molar-refractivity contribution in [3.63, 3.8) is 0 Å². The maximum Gasteiger partial charge on any atom is 0.219 e. The van der Waals surface area contributed by atoms with Crippen LogP contribution in [0.15, 0.2) is 48.7 Å². The highest BCUT2D eigenvalue weighted by molar-refractivity contribution is 5.84. The summed E-state index contributed by atoms with van der Waals surface area (Å²) in [5.41, 5.74) is 2.51. The largest absolute Gasteiger partial charge is 0.437 e. The molecule has 0 aliphatic rings. The minimum atomic E-state index is -0.553. The van der Waals surface area contributed by atoms with E-state index in [0.717, 1.165) is 22.2 Å². The molecule has 106 valence electrons. The monoisotopic (exact) mass is 280 g/mol. The number of aliphatic hydroxyl groups excluding tert-OH is 1. The maximum absolute atomic E-state index is 9.63. The molecule has 0 saturated heterocycles. The van der Waals surface area contributed by atoms with Crippen LogP contribution in [-0.2, 0) is 0 Å². The van der Waals surface area contributed by atoms with Gasteiger partial charge in [0.1, 0.15) is 5.52 Å². The summed E-state index contributed by atoms with van der Waals surface area (Å²) < 4.78 is 5.85.